The van der Waals surface area contributed by atoms with E-state index in [9.17, 15) is 5.11 Å². The van der Waals surface area contributed by atoms with Gasteiger partial charge >= 0.3 is 0 Å². The van der Waals surface area contributed by atoms with Gasteiger partial charge in [0, 0.05) is 18.5 Å². The zero-order valence-corrected chi connectivity index (χ0v) is 8.14. The number of aliphatic hydroxyl groups excluding tert-OH is 1. The van der Waals surface area contributed by atoms with Crippen LogP contribution in [-0.2, 0) is 0 Å². The fourth-order valence-electron chi connectivity index (χ4n) is 1.71. The number of nitrogens with zero attached hydrogens (tertiary/aromatic N) is 1. The zero-order chi connectivity index (χ0) is 9.19. The van der Waals surface area contributed by atoms with Crippen LogP contribution in [0.25, 0.3) is 0 Å². The normalized spacial score (nSPS) is 32.4. The molecule has 1 rings (SSSR count). The van der Waals surface area contributed by atoms with Gasteiger partial charge in [-0.2, -0.15) is 0 Å². The first-order chi connectivity index (χ1) is 5.62. The number of aliphatic hydroxyl groups is 1. The predicted octanol–water partition coefficient (Wildman–Crippen LogP) is 1.27. The summed E-state index contributed by atoms with van der Waals surface area (Å²) in [6.45, 7) is 11.6. The van der Waals surface area contributed by atoms with Gasteiger partial charge in [-0.3, -0.25) is 0 Å². The zero-order valence-electron chi connectivity index (χ0n) is 8.14. The maximum Gasteiger partial charge on any atom is 0.0534 e. The van der Waals surface area contributed by atoms with Crippen LogP contribution in [0.2, 0.25) is 0 Å². The van der Waals surface area contributed by atoms with Crippen LogP contribution in [0.1, 0.15) is 20.3 Å². The molecule has 1 unspecified atom stereocenters. The third kappa shape index (κ3) is 1.70. The van der Waals surface area contributed by atoms with Crippen LogP contribution in [0, 0.1) is 5.41 Å². The highest BCUT2D eigenvalue weighted by molar-refractivity contribution is 5.13. The number of rotatable bonds is 2. The lowest BCUT2D eigenvalue weighted by Gasteiger charge is -2.40. The fraction of sp³-hybridized carbons (Fsp3) is 0.800. The summed E-state index contributed by atoms with van der Waals surface area (Å²) in [5.74, 6) is 0. The van der Waals surface area contributed by atoms with Gasteiger partial charge in [0.05, 0.1) is 6.61 Å². The minimum absolute atomic E-state index is 0.0613. The van der Waals surface area contributed by atoms with Crippen molar-refractivity contribution in [3.05, 3.63) is 12.2 Å². The number of hydrogen-bond acceptors (Lipinski definition) is 2. The maximum absolute atomic E-state index is 9.25. The lowest BCUT2D eigenvalue weighted by molar-refractivity contribution is 0.0934. The molecule has 0 aromatic carbocycles. The fourth-order valence-corrected chi connectivity index (χ4v) is 1.71. The SMILES string of the molecule is C=C1CCN(CC)CC1(C)CO. The quantitative estimate of drug-likeness (QED) is 0.629. The molecule has 0 radical (unpaired) electrons. The van der Waals surface area contributed by atoms with E-state index in [2.05, 4.69) is 25.3 Å². The Hall–Kier alpha value is -0.340. The summed E-state index contributed by atoms with van der Waals surface area (Å²) in [5.41, 5.74) is 1.14. The first kappa shape index (κ1) is 9.75. The highest BCUT2D eigenvalue weighted by Crippen LogP contribution is 2.32. The summed E-state index contributed by atoms with van der Waals surface area (Å²) in [5, 5.41) is 9.25. The van der Waals surface area contributed by atoms with E-state index in [0.29, 0.717) is 0 Å². The van der Waals surface area contributed by atoms with Crippen molar-refractivity contribution in [3.63, 3.8) is 0 Å². The number of hydrogen-bond donors (Lipinski definition) is 1. The van der Waals surface area contributed by atoms with Crippen molar-refractivity contribution < 1.29 is 5.11 Å². The molecular weight excluding hydrogens is 150 g/mol. The standard InChI is InChI=1S/C10H19NO/c1-4-11-6-5-9(2)10(3,7-11)8-12/h12H,2,4-8H2,1,3H3. The Balaban J connectivity index is 2.65. The maximum atomic E-state index is 9.25. The summed E-state index contributed by atoms with van der Waals surface area (Å²) >= 11 is 0. The molecule has 2 nitrogen and oxygen atoms in total. The van der Waals surface area contributed by atoms with Crippen LogP contribution >= 0.6 is 0 Å². The van der Waals surface area contributed by atoms with Gasteiger partial charge in [-0.15, -0.1) is 0 Å². The van der Waals surface area contributed by atoms with Gasteiger partial charge in [0.1, 0.15) is 0 Å². The molecule has 0 amide bonds. The second-order valence-corrected chi connectivity index (χ2v) is 3.94. The molecule has 1 atom stereocenters. The van der Waals surface area contributed by atoms with Crippen LogP contribution in [0.5, 0.6) is 0 Å². The molecule has 0 aromatic rings. The first-order valence-electron chi connectivity index (χ1n) is 4.64. The molecule has 0 saturated carbocycles. The van der Waals surface area contributed by atoms with Gasteiger partial charge < -0.3 is 10.0 Å². The Morgan fingerprint density at radius 3 is 2.83 bits per heavy atom. The lowest BCUT2D eigenvalue weighted by Crippen LogP contribution is -2.44. The Kier molecular flexibility index (Phi) is 2.91. The van der Waals surface area contributed by atoms with E-state index in [1.54, 1.807) is 0 Å². The summed E-state index contributed by atoms with van der Waals surface area (Å²) in [7, 11) is 0. The summed E-state index contributed by atoms with van der Waals surface area (Å²) < 4.78 is 0. The van der Waals surface area contributed by atoms with E-state index >= 15 is 0 Å². The lowest BCUT2D eigenvalue weighted by atomic mass is 9.79. The molecule has 12 heavy (non-hydrogen) atoms. The van der Waals surface area contributed by atoms with Crippen molar-refractivity contribution in [2.45, 2.75) is 20.3 Å². The second kappa shape index (κ2) is 3.58. The van der Waals surface area contributed by atoms with E-state index < -0.39 is 0 Å². The molecule has 2 heteroatoms. The topological polar surface area (TPSA) is 23.5 Å². The first-order valence-corrected chi connectivity index (χ1v) is 4.64. The van der Waals surface area contributed by atoms with Crippen LogP contribution in [0.4, 0.5) is 0 Å². The minimum Gasteiger partial charge on any atom is -0.395 e. The molecule has 1 aliphatic heterocycles. The average Bonchev–Trinajstić information content (AvgIpc) is 2.10. The van der Waals surface area contributed by atoms with Crippen LogP contribution in [0.3, 0.4) is 0 Å². The molecule has 0 aromatic heterocycles. The third-order valence-electron chi connectivity index (χ3n) is 2.95. The van der Waals surface area contributed by atoms with Crippen LogP contribution in [-0.4, -0.2) is 36.2 Å². The van der Waals surface area contributed by atoms with Gasteiger partial charge in [0.15, 0.2) is 0 Å². The molecule has 1 fully saturated rings. The van der Waals surface area contributed by atoms with E-state index in [1.807, 2.05) is 0 Å². The van der Waals surface area contributed by atoms with Gasteiger partial charge in [-0.05, 0) is 13.0 Å². The molecule has 0 aliphatic carbocycles. The molecule has 1 heterocycles. The van der Waals surface area contributed by atoms with E-state index in [4.69, 9.17) is 0 Å². The summed E-state index contributed by atoms with van der Waals surface area (Å²) in [4.78, 5) is 2.37. The summed E-state index contributed by atoms with van der Waals surface area (Å²) in [6, 6.07) is 0. The van der Waals surface area contributed by atoms with Crippen molar-refractivity contribution >= 4 is 0 Å². The Morgan fingerprint density at radius 2 is 2.33 bits per heavy atom. The number of likely N-dealkylation sites (tertiary alicyclic amines) is 1. The van der Waals surface area contributed by atoms with Gasteiger partial charge in [-0.25, -0.2) is 0 Å². The summed E-state index contributed by atoms with van der Waals surface area (Å²) in [6.07, 6.45) is 1.03. The Bertz CT molecular complexity index is 179. The Labute approximate surface area is 74.9 Å². The smallest absolute Gasteiger partial charge is 0.0534 e. The largest absolute Gasteiger partial charge is 0.395 e. The van der Waals surface area contributed by atoms with Gasteiger partial charge in [0.2, 0.25) is 0 Å². The van der Waals surface area contributed by atoms with E-state index in [0.717, 1.165) is 26.1 Å². The molecule has 1 aliphatic rings. The molecule has 0 bridgehead atoms. The molecule has 0 spiro atoms. The van der Waals surface area contributed by atoms with Gasteiger partial charge in [-0.1, -0.05) is 26.0 Å². The molecule has 70 valence electrons. The molecule has 1 saturated heterocycles. The monoisotopic (exact) mass is 169 g/mol. The van der Waals surface area contributed by atoms with E-state index in [1.165, 1.54) is 5.57 Å². The third-order valence-corrected chi connectivity index (χ3v) is 2.95. The average molecular weight is 169 g/mol. The van der Waals surface area contributed by atoms with E-state index in [-0.39, 0.29) is 12.0 Å². The molecular formula is C10H19NO. The highest BCUT2D eigenvalue weighted by Gasteiger charge is 2.32. The van der Waals surface area contributed by atoms with Crippen molar-refractivity contribution in [1.29, 1.82) is 0 Å². The van der Waals surface area contributed by atoms with Crippen molar-refractivity contribution in [2.24, 2.45) is 5.41 Å². The second-order valence-electron chi connectivity index (χ2n) is 3.94. The molecule has 1 N–H and O–H groups in total. The van der Waals surface area contributed by atoms with Crippen LogP contribution in [0.15, 0.2) is 12.2 Å². The highest BCUT2D eigenvalue weighted by atomic mass is 16.3. The predicted molar refractivity (Wildman–Crippen MR) is 51.1 cm³/mol. The van der Waals surface area contributed by atoms with Gasteiger partial charge in [0.25, 0.3) is 0 Å². The van der Waals surface area contributed by atoms with Crippen molar-refractivity contribution in [1.82, 2.24) is 4.90 Å². The van der Waals surface area contributed by atoms with Crippen LogP contribution < -0.4 is 0 Å². The Morgan fingerprint density at radius 1 is 1.67 bits per heavy atom. The van der Waals surface area contributed by atoms with Crippen molar-refractivity contribution in [2.75, 3.05) is 26.2 Å². The minimum atomic E-state index is -0.0613. The number of piperidine rings is 1. The van der Waals surface area contributed by atoms with Crippen molar-refractivity contribution in [3.8, 4) is 0 Å².